The van der Waals surface area contributed by atoms with Crippen molar-refractivity contribution in [2.75, 3.05) is 6.54 Å². The molecule has 3 aromatic rings. The number of hydrogen-bond donors (Lipinski definition) is 2. The molecule has 132 valence electrons. The lowest BCUT2D eigenvalue weighted by Crippen LogP contribution is -2.41. The van der Waals surface area contributed by atoms with Gasteiger partial charge in [-0.3, -0.25) is 14.5 Å². The van der Waals surface area contributed by atoms with Crippen LogP contribution in [0, 0.1) is 6.92 Å². The molecule has 7 nitrogen and oxygen atoms in total. The van der Waals surface area contributed by atoms with Crippen LogP contribution in [0.3, 0.4) is 0 Å². The summed E-state index contributed by atoms with van der Waals surface area (Å²) < 4.78 is 5.29. The Hall–Kier alpha value is -3.35. The molecule has 2 N–H and O–H groups in total. The third kappa shape index (κ3) is 2.24. The predicted molar refractivity (Wildman–Crippen MR) is 93.7 cm³/mol. The smallest absolute Gasteiger partial charge is 0.325 e. The van der Waals surface area contributed by atoms with E-state index in [0.29, 0.717) is 17.0 Å². The van der Waals surface area contributed by atoms with Crippen molar-refractivity contribution in [3.63, 3.8) is 0 Å². The van der Waals surface area contributed by atoms with E-state index in [4.69, 9.17) is 4.42 Å². The fraction of sp³-hybridized carbons (Fsp3) is 0.211. The number of rotatable bonds is 4. The molecule has 1 unspecified atom stereocenters. The summed E-state index contributed by atoms with van der Waals surface area (Å²) in [6.07, 6.45) is 1.43. The summed E-state index contributed by atoms with van der Waals surface area (Å²) in [5.41, 5.74) is 0.728. The minimum atomic E-state index is -1.31. The first-order valence-electron chi connectivity index (χ1n) is 8.20. The molecular formula is C19H17N3O4. The Morgan fingerprint density at radius 2 is 1.96 bits per heavy atom. The van der Waals surface area contributed by atoms with Gasteiger partial charge in [0.15, 0.2) is 11.3 Å². The van der Waals surface area contributed by atoms with Crippen LogP contribution >= 0.6 is 0 Å². The van der Waals surface area contributed by atoms with E-state index in [2.05, 4.69) is 10.3 Å². The van der Waals surface area contributed by atoms with Crippen molar-refractivity contribution in [3.05, 3.63) is 59.7 Å². The first-order valence-corrected chi connectivity index (χ1v) is 8.20. The SMILES string of the molecule is Cc1[nH]c2ccccc2c1C(=O)CN1C(=O)NC(C)(c2ccco2)C1=O. The zero-order valence-corrected chi connectivity index (χ0v) is 14.3. The number of hydrogen-bond acceptors (Lipinski definition) is 4. The second kappa shape index (κ2) is 5.59. The number of benzene rings is 1. The molecule has 0 saturated carbocycles. The van der Waals surface area contributed by atoms with Crippen LogP contribution in [-0.2, 0) is 10.3 Å². The maximum Gasteiger partial charge on any atom is 0.325 e. The number of Topliss-reactive ketones (excluding diaryl/α,β-unsaturated/α-hetero) is 1. The van der Waals surface area contributed by atoms with Gasteiger partial charge in [0.1, 0.15) is 5.76 Å². The molecule has 1 aliphatic heterocycles. The van der Waals surface area contributed by atoms with E-state index >= 15 is 0 Å². The molecule has 3 heterocycles. The van der Waals surface area contributed by atoms with Gasteiger partial charge in [-0.2, -0.15) is 0 Å². The molecule has 1 atom stereocenters. The van der Waals surface area contributed by atoms with Crippen molar-refractivity contribution in [2.24, 2.45) is 0 Å². The summed E-state index contributed by atoms with van der Waals surface area (Å²) in [4.78, 5) is 42.1. The lowest BCUT2D eigenvalue weighted by Gasteiger charge is -2.18. The monoisotopic (exact) mass is 351 g/mol. The number of para-hydroxylation sites is 1. The molecule has 4 rings (SSSR count). The highest BCUT2D eigenvalue weighted by molar-refractivity contribution is 6.15. The molecule has 0 spiro atoms. The molecule has 26 heavy (non-hydrogen) atoms. The zero-order chi connectivity index (χ0) is 18.5. The standard InChI is InChI=1S/C19H17N3O4/c1-11-16(12-6-3-4-7-13(12)20-11)14(23)10-22-17(24)19(2,21-18(22)25)15-8-5-9-26-15/h3-9,20H,10H2,1-2H3,(H,21,25). The number of aromatic amines is 1. The number of aromatic nitrogens is 1. The number of amides is 3. The minimum Gasteiger partial charge on any atom is -0.466 e. The Morgan fingerprint density at radius 1 is 1.19 bits per heavy atom. The van der Waals surface area contributed by atoms with E-state index in [1.54, 1.807) is 26.0 Å². The molecule has 0 bridgehead atoms. The van der Waals surface area contributed by atoms with E-state index in [0.717, 1.165) is 15.8 Å². The van der Waals surface area contributed by atoms with Gasteiger partial charge in [0.2, 0.25) is 0 Å². The highest BCUT2D eigenvalue weighted by Gasteiger charge is 2.51. The molecule has 1 fully saturated rings. The number of carbonyl (C=O) groups is 3. The van der Waals surface area contributed by atoms with Crippen LogP contribution in [0.4, 0.5) is 4.79 Å². The summed E-state index contributed by atoms with van der Waals surface area (Å²) in [5, 5.41) is 3.39. The quantitative estimate of drug-likeness (QED) is 0.558. The van der Waals surface area contributed by atoms with E-state index < -0.39 is 17.5 Å². The van der Waals surface area contributed by atoms with Crippen molar-refractivity contribution in [1.82, 2.24) is 15.2 Å². The highest BCUT2D eigenvalue weighted by Crippen LogP contribution is 2.30. The van der Waals surface area contributed by atoms with Crippen molar-refractivity contribution in [1.29, 1.82) is 0 Å². The number of imide groups is 1. The van der Waals surface area contributed by atoms with Gasteiger partial charge in [-0.15, -0.1) is 0 Å². The lowest BCUT2D eigenvalue weighted by atomic mass is 9.99. The van der Waals surface area contributed by atoms with Crippen LogP contribution in [0.5, 0.6) is 0 Å². The molecule has 0 aliphatic carbocycles. The van der Waals surface area contributed by atoms with Crippen molar-refractivity contribution < 1.29 is 18.8 Å². The van der Waals surface area contributed by atoms with Crippen molar-refractivity contribution in [2.45, 2.75) is 19.4 Å². The number of fused-ring (bicyclic) bond motifs is 1. The second-order valence-electron chi connectivity index (χ2n) is 6.52. The van der Waals surface area contributed by atoms with Crippen molar-refractivity contribution >= 4 is 28.6 Å². The molecule has 3 amide bonds. The summed E-state index contributed by atoms with van der Waals surface area (Å²) in [6, 6.07) is 10.1. The number of aryl methyl sites for hydroxylation is 1. The number of nitrogens with zero attached hydrogens (tertiary/aromatic N) is 1. The molecular weight excluding hydrogens is 334 g/mol. The van der Waals surface area contributed by atoms with Crippen LogP contribution in [-0.4, -0.2) is 34.2 Å². The first kappa shape index (κ1) is 16.1. The predicted octanol–water partition coefficient (Wildman–Crippen LogP) is 2.72. The van der Waals surface area contributed by atoms with Crippen molar-refractivity contribution in [3.8, 4) is 0 Å². The van der Waals surface area contributed by atoms with Crippen LogP contribution < -0.4 is 5.32 Å². The number of ketones is 1. The zero-order valence-electron chi connectivity index (χ0n) is 14.3. The Bertz CT molecular complexity index is 1030. The van der Waals surface area contributed by atoms with E-state index in [9.17, 15) is 14.4 Å². The van der Waals surface area contributed by atoms with Gasteiger partial charge in [0.05, 0.1) is 12.8 Å². The summed E-state index contributed by atoms with van der Waals surface area (Å²) in [5.74, 6) is -0.482. The molecule has 2 aromatic heterocycles. The van der Waals surface area contributed by atoms with Gasteiger partial charge in [0, 0.05) is 22.2 Å². The molecule has 1 aromatic carbocycles. The van der Waals surface area contributed by atoms with Crippen LogP contribution in [0.2, 0.25) is 0 Å². The Morgan fingerprint density at radius 3 is 2.69 bits per heavy atom. The van der Waals surface area contributed by atoms with E-state index in [-0.39, 0.29) is 12.3 Å². The molecule has 0 radical (unpaired) electrons. The second-order valence-corrected chi connectivity index (χ2v) is 6.52. The Labute approximate surface area is 149 Å². The maximum atomic E-state index is 12.9. The van der Waals surface area contributed by atoms with Gasteiger partial charge in [0.25, 0.3) is 5.91 Å². The van der Waals surface area contributed by atoms with Gasteiger partial charge in [-0.25, -0.2) is 4.79 Å². The van der Waals surface area contributed by atoms with E-state index in [1.807, 2.05) is 24.3 Å². The minimum absolute atomic E-state index is 0.299. The number of carbonyl (C=O) groups excluding carboxylic acids is 3. The van der Waals surface area contributed by atoms with Crippen LogP contribution in [0.15, 0.2) is 47.1 Å². The summed E-state index contributed by atoms with van der Waals surface area (Å²) in [6.45, 7) is 3.03. The average Bonchev–Trinajstić information content (AvgIpc) is 3.29. The highest BCUT2D eigenvalue weighted by atomic mass is 16.3. The van der Waals surface area contributed by atoms with Crippen LogP contribution in [0.1, 0.15) is 28.7 Å². The van der Waals surface area contributed by atoms with Gasteiger partial charge < -0.3 is 14.7 Å². The van der Waals surface area contributed by atoms with Gasteiger partial charge in [-0.05, 0) is 32.0 Å². The summed E-state index contributed by atoms with van der Waals surface area (Å²) in [7, 11) is 0. The molecule has 7 heteroatoms. The average molecular weight is 351 g/mol. The summed E-state index contributed by atoms with van der Waals surface area (Å²) >= 11 is 0. The number of urea groups is 1. The number of furan rings is 1. The fourth-order valence-electron chi connectivity index (χ4n) is 3.43. The van der Waals surface area contributed by atoms with E-state index in [1.165, 1.54) is 6.26 Å². The Kier molecular flexibility index (Phi) is 3.47. The van der Waals surface area contributed by atoms with Crippen LogP contribution in [0.25, 0.3) is 10.9 Å². The topological polar surface area (TPSA) is 95.4 Å². The first-order chi connectivity index (χ1) is 12.4. The number of nitrogens with one attached hydrogen (secondary N) is 2. The molecule has 1 aliphatic rings. The number of H-pyrrole nitrogens is 1. The maximum absolute atomic E-state index is 12.9. The molecule has 1 saturated heterocycles. The largest absolute Gasteiger partial charge is 0.466 e. The normalized spacial score (nSPS) is 20.0. The fourth-order valence-corrected chi connectivity index (χ4v) is 3.43. The van der Waals surface area contributed by atoms with Gasteiger partial charge in [-0.1, -0.05) is 18.2 Å². The third-order valence-electron chi connectivity index (χ3n) is 4.76. The lowest BCUT2D eigenvalue weighted by molar-refractivity contribution is -0.131. The van der Waals surface area contributed by atoms with Gasteiger partial charge >= 0.3 is 6.03 Å². The third-order valence-corrected chi connectivity index (χ3v) is 4.76. The Balaban J connectivity index is 1.65.